The third-order valence-electron chi connectivity index (χ3n) is 4.23. The van der Waals surface area contributed by atoms with E-state index in [0.29, 0.717) is 16.9 Å². The van der Waals surface area contributed by atoms with E-state index < -0.39 is 10.8 Å². The summed E-state index contributed by atoms with van der Waals surface area (Å²) in [5, 5.41) is 10.9. The zero-order valence-corrected chi connectivity index (χ0v) is 16.5. The van der Waals surface area contributed by atoms with E-state index in [0.717, 1.165) is 21.5 Å². The zero-order valence-electron chi connectivity index (χ0n) is 15.7. The van der Waals surface area contributed by atoms with Crippen molar-refractivity contribution < 1.29 is 14.5 Å². The van der Waals surface area contributed by atoms with Crippen molar-refractivity contribution in [3.8, 4) is 5.75 Å². The molecule has 0 aliphatic carbocycles. The summed E-state index contributed by atoms with van der Waals surface area (Å²) >= 11 is 1.43. The van der Waals surface area contributed by atoms with Crippen LogP contribution in [0.15, 0.2) is 47.5 Å². The number of nitro groups is 1. The number of hydrogen-bond donors (Lipinski definition) is 0. The Balaban J connectivity index is 2.00. The monoisotopic (exact) mass is 397 g/mol. The molecule has 0 saturated heterocycles. The summed E-state index contributed by atoms with van der Waals surface area (Å²) in [6.45, 7) is 4.63. The summed E-state index contributed by atoms with van der Waals surface area (Å²) in [5.74, 6) is 0.302. The van der Waals surface area contributed by atoms with Gasteiger partial charge in [-0.15, -0.1) is 0 Å². The van der Waals surface area contributed by atoms with E-state index in [2.05, 4.69) is 4.99 Å². The molecule has 0 unspecified atom stereocenters. The second-order valence-corrected chi connectivity index (χ2v) is 7.00. The van der Waals surface area contributed by atoms with Gasteiger partial charge < -0.3 is 9.30 Å². The van der Waals surface area contributed by atoms with Crippen LogP contribution in [0.1, 0.15) is 18.1 Å². The van der Waals surface area contributed by atoms with Crippen LogP contribution in [0.5, 0.6) is 5.75 Å². The van der Waals surface area contributed by atoms with Gasteiger partial charge in [-0.1, -0.05) is 29.5 Å². The topological polar surface area (TPSA) is 86.7 Å². The van der Waals surface area contributed by atoms with Gasteiger partial charge in [-0.25, -0.2) is 0 Å². The fourth-order valence-electron chi connectivity index (χ4n) is 2.86. The van der Waals surface area contributed by atoms with Crippen molar-refractivity contribution in [1.82, 2.24) is 4.57 Å². The first-order valence-electron chi connectivity index (χ1n) is 8.62. The fraction of sp³-hybridized carbons (Fsp3) is 0.200. The minimum absolute atomic E-state index is 0.0255. The predicted molar refractivity (Wildman–Crippen MR) is 109 cm³/mol. The molecule has 0 bridgehead atoms. The van der Waals surface area contributed by atoms with Crippen LogP contribution < -0.4 is 9.54 Å². The number of ether oxygens (including phenoxy) is 1. The number of carbonyl (C=O) groups excluding carboxylic acids is 1. The van der Waals surface area contributed by atoms with E-state index in [4.69, 9.17) is 4.74 Å². The molecular formula is C20H19N3O4S. The molecule has 1 heterocycles. The lowest BCUT2D eigenvalue weighted by Gasteiger charge is -2.07. The Morgan fingerprint density at radius 1 is 1.36 bits per heavy atom. The summed E-state index contributed by atoms with van der Waals surface area (Å²) in [6, 6.07) is 9.96. The molecule has 0 aliphatic rings. The normalized spacial score (nSPS) is 12.0. The number of thiazole rings is 1. The van der Waals surface area contributed by atoms with E-state index in [1.807, 2.05) is 30.5 Å². The summed E-state index contributed by atoms with van der Waals surface area (Å²) < 4.78 is 8.44. The van der Waals surface area contributed by atoms with Crippen molar-refractivity contribution in [3.63, 3.8) is 0 Å². The molecule has 28 heavy (non-hydrogen) atoms. The Kier molecular flexibility index (Phi) is 5.70. The number of aromatic nitrogens is 1. The van der Waals surface area contributed by atoms with Crippen LogP contribution in [0, 0.1) is 17.0 Å². The van der Waals surface area contributed by atoms with Gasteiger partial charge in [0.05, 0.1) is 16.7 Å². The molecule has 1 aromatic heterocycles. The van der Waals surface area contributed by atoms with Gasteiger partial charge in [-0.05, 0) is 37.1 Å². The van der Waals surface area contributed by atoms with Crippen molar-refractivity contribution >= 4 is 39.2 Å². The Morgan fingerprint density at radius 2 is 2.14 bits per heavy atom. The number of hydrogen-bond acceptors (Lipinski definition) is 5. The van der Waals surface area contributed by atoms with Crippen LogP contribution in [0.3, 0.4) is 0 Å². The largest absolute Gasteiger partial charge is 0.495 e. The van der Waals surface area contributed by atoms with Crippen LogP contribution in [0.25, 0.3) is 16.3 Å². The maximum atomic E-state index is 12.4. The van der Waals surface area contributed by atoms with E-state index in [-0.39, 0.29) is 5.69 Å². The molecule has 0 aliphatic heterocycles. The van der Waals surface area contributed by atoms with E-state index in [1.54, 1.807) is 19.2 Å². The van der Waals surface area contributed by atoms with Gasteiger partial charge in [0.1, 0.15) is 11.3 Å². The van der Waals surface area contributed by atoms with Gasteiger partial charge in [-0.3, -0.25) is 14.9 Å². The van der Waals surface area contributed by atoms with Gasteiger partial charge in [0, 0.05) is 24.8 Å². The third-order valence-corrected chi connectivity index (χ3v) is 5.44. The number of rotatable bonds is 5. The highest BCUT2D eigenvalue weighted by Gasteiger charge is 2.13. The molecule has 8 heteroatoms. The highest BCUT2D eigenvalue weighted by atomic mass is 32.1. The van der Waals surface area contributed by atoms with Crippen molar-refractivity contribution in [3.05, 3.63) is 68.5 Å². The molecule has 2 aromatic carbocycles. The molecule has 7 nitrogen and oxygen atoms in total. The summed E-state index contributed by atoms with van der Waals surface area (Å²) in [4.78, 5) is 27.5. The molecule has 3 rings (SSSR count). The number of carbonyl (C=O) groups is 1. The zero-order chi connectivity index (χ0) is 20.3. The summed E-state index contributed by atoms with van der Waals surface area (Å²) in [6.07, 6.45) is 2.84. The predicted octanol–water partition coefficient (Wildman–Crippen LogP) is 4.09. The lowest BCUT2D eigenvalue weighted by molar-refractivity contribution is -0.384. The number of nitro benzene ring substituents is 1. The van der Waals surface area contributed by atoms with Gasteiger partial charge in [-0.2, -0.15) is 4.99 Å². The molecule has 0 saturated carbocycles. The van der Waals surface area contributed by atoms with Crippen molar-refractivity contribution in [2.24, 2.45) is 4.99 Å². The number of non-ortho nitro benzene ring substituents is 1. The van der Waals surface area contributed by atoms with Gasteiger partial charge in [0.25, 0.3) is 11.6 Å². The summed E-state index contributed by atoms with van der Waals surface area (Å²) in [5.41, 5.74) is 2.55. The Labute approximate surface area is 165 Å². The van der Waals surface area contributed by atoms with Crippen molar-refractivity contribution in [2.45, 2.75) is 20.4 Å². The number of nitrogens with zero attached hydrogens (tertiary/aromatic N) is 3. The molecular weight excluding hydrogens is 378 g/mol. The number of methoxy groups -OCH3 is 1. The number of amides is 1. The lowest BCUT2D eigenvalue weighted by atomic mass is 10.2. The minimum Gasteiger partial charge on any atom is -0.495 e. The van der Waals surface area contributed by atoms with Crippen LogP contribution in [-0.2, 0) is 11.3 Å². The molecule has 0 N–H and O–H groups in total. The third kappa shape index (κ3) is 3.86. The Morgan fingerprint density at radius 3 is 2.82 bits per heavy atom. The lowest BCUT2D eigenvalue weighted by Crippen LogP contribution is -2.15. The van der Waals surface area contributed by atoms with Gasteiger partial charge in [0.2, 0.25) is 0 Å². The average Bonchev–Trinajstić information content (AvgIpc) is 3.06. The van der Waals surface area contributed by atoms with Crippen LogP contribution in [0.4, 0.5) is 5.69 Å². The standard InChI is InChI=1S/C20H19N3O4S/c1-4-22-18-16(27-3)10-8-13(2)19(18)28-20(22)21-17(24)11-9-14-6-5-7-15(12-14)23(25)26/h5-12H,4H2,1-3H3. The minimum atomic E-state index is -0.472. The molecule has 1 amide bonds. The molecule has 144 valence electrons. The smallest absolute Gasteiger partial charge is 0.272 e. The Bertz CT molecular complexity index is 1160. The van der Waals surface area contributed by atoms with Crippen molar-refractivity contribution in [2.75, 3.05) is 7.11 Å². The molecule has 0 fully saturated rings. The quantitative estimate of drug-likeness (QED) is 0.369. The SMILES string of the molecule is CCn1c(=NC(=O)C=Cc2cccc([N+](=O)[O-])c2)sc2c(C)ccc(OC)c21. The maximum Gasteiger partial charge on any atom is 0.272 e. The number of fused-ring (bicyclic) bond motifs is 1. The second-order valence-electron chi connectivity index (χ2n) is 6.03. The fourth-order valence-corrected chi connectivity index (χ4v) is 4.05. The maximum absolute atomic E-state index is 12.4. The first kappa shape index (κ1) is 19.5. The van der Waals surface area contributed by atoms with E-state index in [9.17, 15) is 14.9 Å². The first-order chi connectivity index (χ1) is 13.4. The Hall–Kier alpha value is -3.26. The van der Waals surface area contributed by atoms with Gasteiger partial charge in [0.15, 0.2) is 4.80 Å². The van der Waals surface area contributed by atoms with Crippen LogP contribution >= 0.6 is 11.3 Å². The van der Waals surface area contributed by atoms with E-state index in [1.165, 1.54) is 35.6 Å². The highest BCUT2D eigenvalue weighted by Crippen LogP contribution is 2.30. The second kappa shape index (κ2) is 8.18. The van der Waals surface area contributed by atoms with E-state index >= 15 is 0 Å². The van der Waals surface area contributed by atoms with Crippen LogP contribution in [0.2, 0.25) is 0 Å². The first-order valence-corrected chi connectivity index (χ1v) is 9.44. The molecule has 0 atom stereocenters. The van der Waals surface area contributed by atoms with Gasteiger partial charge >= 0.3 is 0 Å². The number of aryl methyl sites for hydroxylation is 2. The summed E-state index contributed by atoms with van der Waals surface area (Å²) in [7, 11) is 1.62. The number of benzene rings is 2. The van der Waals surface area contributed by atoms with Crippen molar-refractivity contribution in [1.29, 1.82) is 0 Å². The molecule has 3 aromatic rings. The van der Waals surface area contributed by atoms with Crippen LogP contribution in [-0.4, -0.2) is 22.5 Å². The highest BCUT2D eigenvalue weighted by molar-refractivity contribution is 7.16. The molecule has 0 radical (unpaired) electrons. The average molecular weight is 397 g/mol. The molecule has 0 spiro atoms.